The Bertz CT molecular complexity index is 483. The van der Waals surface area contributed by atoms with Crippen LogP contribution < -0.4 is 9.47 Å². The number of carbonyl (C=O) groups is 1. The normalized spacial score (nSPS) is 26.2. The molecule has 1 fully saturated rings. The highest BCUT2D eigenvalue weighted by atomic mass is 16.5. The predicted molar refractivity (Wildman–Crippen MR) is 71.9 cm³/mol. The summed E-state index contributed by atoms with van der Waals surface area (Å²) in [6, 6.07) is 5.43. The van der Waals surface area contributed by atoms with E-state index in [9.17, 15) is 9.90 Å². The van der Waals surface area contributed by atoms with Crippen LogP contribution in [0.5, 0.6) is 11.5 Å². The zero-order chi connectivity index (χ0) is 14.0. The Hall–Kier alpha value is -1.71. The Morgan fingerprint density at radius 1 is 1.32 bits per heavy atom. The maximum atomic E-state index is 11.8. The molecule has 0 aromatic heterocycles. The van der Waals surface area contributed by atoms with Gasteiger partial charge in [0, 0.05) is 0 Å². The first-order valence-electron chi connectivity index (χ1n) is 6.52. The van der Waals surface area contributed by atoms with Gasteiger partial charge in [-0.05, 0) is 36.5 Å². The van der Waals surface area contributed by atoms with Crippen LogP contribution in [0, 0.1) is 5.92 Å². The van der Waals surface area contributed by atoms with Crippen molar-refractivity contribution in [3.05, 3.63) is 23.8 Å². The molecule has 0 aliphatic heterocycles. The minimum Gasteiger partial charge on any atom is -0.493 e. The Labute approximate surface area is 113 Å². The number of hydrogen-bond donors (Lipinski definition) is 1. The largest absolute Gasteiger partial charge is 0.493 e. The Kier molecular flexibility index (Phi) is 3.69. The SMILES string of the molecule is COc1ccc(C2(C(=O)O)CCCC2C)cc1OC. The van der Waals surface area contributed by atoms with E-state index in [2.05, 4.69) is 0 Å². The molecule has 1 N–H and O–H groups in total. The van der Waals surface area contributed by atoms with Gasteiger partial charge >= 0.3 is 5.97 Å². The summed E-state index contributed by atoms with van der Waals surface area (Å²) in [5.74, 6) is 0.588. The molecule has 104 valence electrons. The van der Waals surface area contributed by atoms with Crippen molar-refractivity contribution < 1.29 is 19.4 Å². The summed E-state index contributed by atoms with van der Waals surface area (Å²) in [7, 11) is 3.13. The number of aliphatic carboxylic acids is 1. The van der Waals surface area contributed by atoms with Crippen molar-refractivity contribution in [2.45, 2.75) is 31.6 Å². The van der Waals surface area contributed by atoms with Gasteiger partial charge in [0.1, 0.15) is 0 Å². The lowest BCUT2D eigenvalue weighted by Crippen LogP contribution is -2.38. The van der Waals surface area contributed by atoms with E-state index in [1.165, 1.54) is 0 Å². The van der Waals surface area contributed by atoms with Crippen molar-refractivity contribution in [3.8, 4) is 11.5 Å². The number of carboxylic acid groups (broad SMARTS) is 1. The first kappa shape index (κ1) is 13.7. The second kappa shape index (κ2) is 5.11. The van der Waals surface area contributed by atoms with E-state index in [-0.39, 0.29) is 5.92 Å². The molecule has 1 saturated carbocycles. The fourth-order valence-corrected chi connectivity index (χ4v) is 3.16. The Balaban J connectivity index is 2.52. The maximum absolute atomic E-state index is 11.8. The summed E-state index contributed by atoms with van der Waals surface area (Å²) in [6.07, 6.45) is 2.57. The van der Waals surface area contributed by atoms with Gasteiger partial charge in [0.2, 0.25) is 0 Å². The highest BCUT2D eigenvalue weighted by Gasteiger charge is 2.48. The number of carboxylic acids is 1. The van der Waals surface area contributed by atoms with Gasteiger partial charge in [-0.3, -0.25) is 4.79 Å². The first-order valence-corrected chi connectivity index (χ1v) is 6.52. The molecule has 0 spiro atoms. The van der Waals surface area contributed by atoms with Crippen LogP contribution in [-0.4, -0.2) is 25.3 Å². The minimum absolute atomic E-state index is 0.128. The molecule has 4 heteroatoms. The van der Waals surface area contributed by atoms with Crippen molar-refractivity contribution in [1.82, 2.24) is 0 Å². The molecular formula is C15H20O4. The second-order valence-electron chi connectivity index (χ2n) is 5.14. The van der Waals surface area contributed by atoms with Crippen LogP contribution in [0.2, 0.25) is 0 Å². The number of benzene rings is 1. The third kappa shape index (κ3) is 2.05. The van der Waals surface area contributed by atoms with E-state index in [0.717, 1.165) is 18.4 Å². The molecule has 4 nitrogen and oxygen atoms in total. The molecule has 1 aromatic rings. The zero-order valence-electron chi connectivity index (χ0n) is 11.6. The van der Waals surface area contributed by atoms with Crippen LogP contribution in [0.25, 0.3) is 0 Å². The number of hydrogen-bond acceptors (Lipinski definition) is 3. The lowest BCUT2D eigenvalue weighted by atomic mass is 9.73. The zero-order valence-corrected chi connectivity index (χ0v) is 11.6. The second-order valence-corrected chi connectivity index (χ2v) is 5.14. The van der Waals surface area contributed by atoms with E-state index in [1.54, 1.807) is 26.4 Å². The third-order valence-electron chi connectivity index (χ3n) is 4.33. The number of methoxy groups -OCH3 is 2. The molecule has 2 rings (SSSR count). The van der Waals surface area contributed by atoms with Crippen molar-refractivity contribution in [3.63, 3.8) is 0 Å². The summed E-state index contributed by atoms with van der Waals surface area (Å²) < 4.78 is 10.5. The molecule has 19 heavy (non-hydrogen) atoms. The summed E-state index contributed by atoms with van der Waals surface area (Å²) in [4.78, 5) is 11.8. The van der Waals surface area contributed by atoms with Gasteiger partial charge in [-0.25, -0.2) is 0 Å². The van der Waals surface area contributed by atoms with E-state index in [1.807, 2.05) is 13.0 Å². The minimum atomic E-state index is -0.792. The smallest absolute Gasteiger partial charge is 0.314 e. The molecule has 2 unspecified atom stereocenters. The summed E-state index contributed by atoms with van der Waals surface area (Å²) in [5.41, 5.74) is 0.0159. The van der Waals surface area contributed by atoms with E-state index >= 15 is 0 Å². The van der Waals surface area contributed by atoms with Crippen LogP contribution in [0.15, 0.2) is 18.2 Å². The van der Waals surface area contributed by atoms with Crippen LogP contribution in [0.3, 0.4) is 0 Å². The highest BCUT2D eigenvalue weighted by molar-refractivity contribution is 5.82. The van der Waals surface area contributed by atoms with Crippen molar-refractivity contribution in [2.75, 3.05) is 14.2 Å². The topological polar surface area (TPSA) is 55.8 Å². The molecule has 1 aliphatic carbocycles. The first-order chi connectivity index (χ1) is 9.06. The Morgan fingerprint density at radius 2 is 2.00 bits per heavy atom. The lowest BCUT2D eigenvalue weighted by molar-refractivity contribution is -0.145. The van der Waals surface area contributed by atoms with E-state index in [4.69, 9.17) is 9.47 Å². The molecule has 0 radical (unpaired) electrons. The van der Waals surface area contributed by atoms with Gasteiger partial charge in [-0.15, -0.1) is 0 Å². The summed E-state index contributed by atoms with van der Waals surface area (Å²) >= 11 is 0. The van der Waals surface area contributed by atoms with Crippen molar-refractivity contribution in [2.24, 2.45) is 5.92 Å². The third-order valence-corrected chi connectivity index (χ3v) is 4.33. The van der Waals surface area contributed by atoms with Gasteiger partial charge in [-0.2, -0.15) is 0 Å². The van der Waals surface area contributed by atoms with Gasteiger partial charge < -0.3 is 14.6 Å². The van der Waals surface area contributed by atoms with Crippen LogP contribution in [-0.2, 0) is 10.2 Å². The van der Waals surface area contributed by atoms with Gasteiger partial charge in [0.15, 0.2) is 11.5 Å². The van der Waals surface area contributed by atoms with Gasteiger partial charge in [0.05, 0.1) is 19.6 Å². The lowest BCUT2D eigenvalue weighted by Gasteiger charge is -2.30. The van der Waals surface area contributed by atoms with Crippen molar-refractivity contribution >= 4 is 5.97 Å². The average molecular weight is 264 g/mol. The monoisotopic (exact) mass is 264 g/mol. The average Bonchev–Trinajstić information content (AvgIpc) is 2.80. The molecule has 0 saturated heterocycles. The standard InChI is InChI=1S/C15H20O4/c1-10-5-4-8-15(10,14(16)17)11-6-7-12(18-2)13(9-11)19-3/h6-7,9-10H,4-5,8H2,1-3H3,(H,16,17). The molecule has 2 atom stereocenters. The fraction of sp³-hybridized carbons (Fsp3) is 0.533. The number of ether oxygens (including phenoxy) is 2. The van der Waals surface area contributed by atoms with E-state index < -0.39 is 11.4 Å². The quantitative estimate of drug-likeness (QED) is 0.908. The number of rotatable bonds is 4. The van der Waals surface area contributed by atoms with Crippen LogP contribution in [0.4, 0.5) is 0 Å². The molecule has 0 bridgehead atoms. The van der Waals surface area contributed by atoms with Gasteiger partial charge in [-0.1, -0.05) is 19.4 Å². The Morgan fingerprint density at radius 3 is 2.47 bits per heavy atom. The fourth-order valence-electron chi connectivity index (χ4n) is 3.16. The summed E-state index contributed by atoms with van der Waals surface area (Å²) in [5, 5.41) is 9.71. The van der Waals surface area contributed by atoms with E-state index in [0.29, 0.717) is 17.9 Å². The molecule has 0 amide bonds. The predicted octanol–water partition coefficient (Wildman–Crippen LogP) is 2.85. The van der Waals surface area contributed by atoms with Crippen LogP contribution in [0.1, 0.15) is 31.7 Å². The maximum Gasteiger partial charge on any atom is 0.314 e. The molecule has 1 aliphatic rings. The van der Waals surface area contributed by atoms with Crippen LogP contribution >= 0.6 is 0 Å². The molecule has 1 aromatic carbocycles. The van der Waals surface area contributed by atoms with Crippen molar-refractivity contribution in [1.29, 1.82) is 0 Å². The summed E-state index contributed by atoms with van der Waals surface area (Å²) in [6.45, 7) is 2.01. The van der Waals surface area contributed by atoms with Gasteiger partial charge in [0.25, 0.3) is 0 Å². The molecule has 0 heterocycles. The highest BCUT2D eigenvalue weighted by Crippen LogP contribution is 2.47. The molecular weight excluding hydrogens is 244 g/mol.